The number of methoxy groups -OCH3 is 1. The van der Waals surface area contributed by atoms with E-state index in [2.05, 4.69) is 15.0 Å². The third-order valence-electron chi connectivity index (χ3n) is 4.00. The molecule has 0 radical (unpaired) electrons. The Bertz CT molecular complexity index is 873. The van der Waals surface area contributed by atoms with Crippen molar-refractivity contribution in [1.82, 2.24) is 19.5 Å². The van der Waals surface area contributed by atoms with E-state index < -0.39 is 36.7 Å². The number of ether oxygens (including phenoxy) is 2. The smallest absolute Gasteiger partial charge is 0.380 e. The van der Waals surface area contributed by atoms with Crippen molar-refractivity contribution in [3.63, 3.8) is 0 Å². The molecule has 2 aromatic heterocycles. The molecule has 26 heavy (non-hydrogen) atoms. The van der Waals surface area contributed by atoms with Gasteiger partial charge in [-0.2, -0.15) is 9.97 Å². The third-order valence-corrected chi connectivity index (χ3v) is 5.03. The Morgan fingerprint density at radius 3 is 2.81 bits per heavy atom. The molecular weight excluding hydrogens is 412 g/mol. The average molecular weight is 428 g/mol. The summed E-state index contributed by atoms with van der Waals surface area (Å²) in [6.45, 7) is 0.960. The van der Waals surface area contributed by atoms with Crippen LogP contribution in [-0.2, 0) is 13.8 Å². The van der Waals surface area contributed by atoms with Crippen LogP contribution in [0.4, 0.5) is 5.95 Å². The zero-order chi connectivity index (χ0) is 19.3. The molecule has 4 N–H and O–H groups in total. The molecule has 0 spiro atoms. The topological polar surface area (TPSA) is 155 Å². The largest absolute Gasteiger partial charge is 0.479 e. The second-order valence-electron chi connectivity index (χ2n) is 5.82. The molecule has 0 amide bonds. The van der Waals surface area contributed by atoms with Gasteiger partial charge in [0.25, 0.3) is 0 Å². The highest BCUT2D eigenvalue weighted by Crippen LogP contribution is 2.58. The lowest BCUT2D eigenvalue weighted by molar-refractivity contribution is -0.0947. The zero-order valence-corrected chi connectivity index (χ0v) is 16.0. The lowest BCUT2D eigenvalue weighted by atomic mass is 9.96. The molecule has 0 aromatic carbocycles. The van der Waals surface area contributed by atoms with Crippen molar-refractivity contribution in [2.75, 3.05) is 19.5 Å². The fourth-order valence-corrected chi connectivity index (χ4v) is 3.42. The van der Waals surface area contributed by atoms with Crippen LogP contribution in [0.25, 0.3) is 11.2 Å². The van der Waals surface area contributed by atoms with Crippen LogP contribution in [0, 0.1) is 0 Å². The molecule has 1 fully saturated rings. The number of nitrogen functional groups attached to an aromatic ring is 1. The van der Waals surface area contributed by atoms with Gasteiger partial charge in [0, 0.05) is 0 Å². The zero-order valence-electron chi connectivity index (χ0n) is 13.6. The summed E-state index contributed by atoms with van der Waals surface area (Å²) in [4.78, 5) is 12.1. The molecule has 3 rings (SSSR count). The number of aliphatic hydroxyl groups is 2. The summed E-state index contributed by atoms with van der Waals surface area (Å²) in [6, 6.07) is 0. The average Bonchev–Trinajstić information content (AvgIpc) is 3.04. The van der Waals surface area contributed by atoms with Gasteiger partial charge in [0.15, 0.2) is 17.4 Å². The molecule has 3 heterocycles. The normalized spacial score (nSPS) is 29.4. The van der Waals surface area contributed by atoms with Crippen molar-refractivity contribution in [2.24, 2.45) is 0 Å². The van der Waals surface area contributed by atoms with E-state index in [1.807, 2.05) is 0 Å². The molecule has 0 aliphatic carbocycles. The molecule has 1 aliphatic heterocycles. The first-order chi connectivity index (χ1) is 12.0. The molecular formula is C12H16Cl2N5O6P. The second-order valence-corrected chi connectivity index (χ2v) is 10.1. The van der Waals surface area contributed by atoms with Crippen LogP contribution in [0.2, 0.25) is 0 Å². The summed E-state index contributed by atoms with van der Waals surface area (Å²) in [5, 5.41) is 21.1. The van der Waals surface area contributed by atoms with Crippen molar-refractivity contribution >= 4 is 45.7 Å². The maximum absolute atomic E-state index is 11.3. The van der Waals surface area contributed by atoms with E-state index in [4.69, 9.17) is 42.2 Å². The van der Waals surface area contributed by atoms with Gasteiger partial charge in [-0.05, 0) is 29.4 Å². The predicted octanol–water partition coefficient (Wildman–Crippen LogP) is 1.03. The minimum absolute atomic E-state index is 0.0700. The molecule has 11 nitrogen and oxygen atoms in total. The number of halogens is 2. The van der Waals surface area contributed by atoms with Crippen LogP contribution in [0.15, 0.2) is 6.33 Å². The van der Waals surface area contributed by atoms with Crippen molar-refractivity contribution in [1.29, 1.82) is 0 Å². The van der Waals surface area contributed by atoms with Crippen LogP contribution in [0.1, 0.15) is 13.2 Å². The number of anilines is 1. The molecule has 1 saturated heterocycles. The summed E-state index contributed by atoms with van der Waals surface area (Å²) in [5.74, 6) is 0.0777. The predicted molar refractivity (Wildman–Crippen MR) is 92.1 cm³/mol. The molecule has 0 saturated carbocycles. The molecule has 0 bridgehead atoms. The first kappa shape index (κ1) is 19.6. The fourth-order valence-electron chi connectivity index (χ4n) is 2.76. The summed E-state index contributed by atoms with van der Waals surface area (Å²) in [6.07, 6.45) is -6.05. The monoisotopic (exact) mass is 427 g/mol. The van der Waals surface area contributed by atoms with E-state index in [0.29, 0.717) is 5.52 Å². The number of rotatable bonds is 5. The first-order valence-corrected chi connectivity index (χ1v) is 10.7. The van der Waals surface area contributed by atoms with Crippen LogP contribution in [-0.4, -0.2) is 61.3 Å². The van der Waals surface area contributed by atoms with Gasteiger partial charge in [-0.15, -0.1) is 0 Å². The quantitative estimate of drug-likeness (QED) is 0.588. The van der Waals surface area contributed by atoms with Crippen LogP contribution < -0.4 is 10.5 Å². The van der Waals surface area contributed by atoms with Gasteiger partial charge in [-0.3, -0.25) is 9.13 Å². The first-order valence-electron chi connectivity index (χ1n) is 7.28. The van der Waals surface area contributed by atoms with Crippen molar-refractivity contribution in [2.45, 2.75) is 31.0 Å². The molecule has 14 heteroatoms. The number of aromatic nitrogens is 4. The van der Waals surface area contributed by atoms with Crippen LogP contribution in [0.3, 0.4) is 0 Å². The van der Waals surface area contributed by atoms with E-state index in [1.54, 1.807) is 0 Å². The fraction of sp³-hybridized carbons (Fsp3) is 0.583. The van der Waals surface area contributed by atoms with Gasteiger partial charge in [0.2, 0.25) is 11.8 Å². The number of imidazole rings is 1. The lowest BCUT2D eigenvalue weighted by Crippen LogP contribution is -2.44. The van der Waals surface area contributed by atoms with Gasteiger partial charge in [-0.1, -0.05) is 0 Å². The van der Waals surface area contributed by atoms with Gasteiger partial charge in [0.05, 0.1) is 20.0 Å². The van der Waals surface area contributed by atoms with Gasteiger partial charge >= 0.3 is 6.07 Å². The highest BCUT2D eigenvalue weighted by molar-refractivity contribution is 8.05. The highest BCUT2D eigenvalue weighted by atomic mass is 35.9. The summed E-state index contributed by atoms with van der Waals surface area (Å²) in [7, 11) is 1.40. The van der Waals surface area contributed by atoms with Crippen molar-refractivity contribution in [3.05, 3.63) is 6.33 Å². The van der Waals surface area contributed by atoms with Gasteiger partial charge in [0.1, 0.15) is 17.8 Å². The number of fused-ring (bicyclic) bond motifs is 1. The minimum atomic E-state index is -3.82. The Morgan fingerprint density at radius 1 is 1.50 bits per heavy atom. The maximum atomic E-state index is 11.3. The Kier molecular flexibility index (Phi) is 5.08. The van der Waals surface area contributed by atoms with E-state index in [0.717, 1.165) is 0 Å². The van der Waals surface area contributed by atoms with Crippen molar-refractivity contribution < 1.29 is 28.8 Å². The van der Waals surface area contributed by atoms with Crippen LogP contribution >= 0.6 is 28.6 Å². The number of hydrogen-bond acceptors (Lipinski definition) is 10. The van der Waals surface area contributed by atoms with E-state index >= 15 is 0 Å². The Labute approximate surface area is 157 Å². The molecule has 2 aromatic rings. The molecule has 4 unspecified atom stereocenters. The van der Waals surface area contributed by atoms with Crippen molar-refractivity contribution in [3.8, 4) is 5.88 Å². The highest BCUT2D eigenvalue weighted by Gasteiger charge is 2.54. The minimum Gasteiger partial charge on any atom is -0.479 e. The number of hydrogen-bond donors (Lipinski definition) is 3. The third kappa shape index (κ3) is 3.48. The Balaban J connectivity index is 1.97. The maximum Gasteiger partial charge on any atom is 0.380 e. The van der Waals surface area contributed by atoms with Gasteiger partial charge in [-0.25, -0.2) is 4.98 Å². The van der Waals surface area contributed by atoms with Gasteiger partial charge < -0.3 is 29.9 Å². The summed E-state index contributed by atoms with van der Waals surface area (Å²) >= 11 is 10.7. The molecule has 1 aliphatic rings. The number of aliphatic hydroxyl groups excluding tert-OH is 1. The Morgan fingerprint density at radius 2 is 2.19 bits per heavy atom. The SMILES string of the molecule is COc1nc(N)nc2c1ncn2C1OC(COP(=O)(Cl)Cl)C(O)C1(C)O. The second kappa shape index (κ2) is 6.75. The van der Waals surface area contributed by atoms with E-state index in [9.17, 15) is 14.8 Å². The molecule has 4 atom stereocenters. The summed E-state index contributed by atoms with van der Waals surface area (Å²) in [5.41, 5.74) is 4.42. The Hall–Kier alpha value is -1.20. The molecule has 144 valence electrons. The standard InChI is InChI=1S/C12H16Cl2N5O6P/c1-12(21)7(20)5(3-24-26(13,14)22)25-10(12)19-4-16-6-8(19)17-11(15)18-9(6)23-2/h4-5,7,10,20-21H,3H2,1-2H3,(H2,15,17,18). The summed E-state index contributed by atoms with van der Waals surface area (Å²) < 4.78 is 28.2. The number of nitrogens with two attached hydrogens (primary N) is 1. The number of nitrogens with zero attached hydrogens (tertiary/aromatic N) is 4. The lowest BCUT2D eigenvalue weighted by Gasteiger charge is -2.27. The van der Waals surface area contributed by atoms with Crippen LogP contribution in [0.5, 0.6) is 5.88 Å². The van der Waals surface area contributed by atoms with E-state index in [-0.39, 0.29) is 17.5 Å². The van der Waals surface area contributed by atoms with E-state index in [1.165, 1.54) is 24.9 Å².